The van der Waals surface area contributed by atoms with Gasteiger partial charge < -0.3 is 12.9 Å². The molecule has 0 aromatic heterocycles. The third-order valence-electron chi connectivity index (χ3n) is 0.954. The fraction of sp³-hybridized carbons (Fsp3) is 0.600. The van der Waals surface area contributed by atoms with Gasteiger partial charge >= 0.3 is 58.4 Å². The summed E-state index contributed by atoms with van der Waals surface area (Å²) >= 11 is 1.24. The summed E-state index contributed by atoms with van der Waals surface area (Å²) in [6.07, 6.45) is 0. The van der Waals surface area contributed by atoms with Crippen molar-refractivity contribution >= 4 is 18.7 Å². The Bertz CT molecular complexity index is 125. The van der Waals surface area contributed by atoms with Gasteiger partial charge in [0.1, 0.15) is 0 Å². The van der Waals surface area contributed by atoms with Crippen LogP contribution >= 0.6 is 11.8 Å². The van der Waals surface area contributed by atoms with Crippen LogP contribution in [-0.4, -0.2) is 18.5 Å². The Labute approximate surface area is 112 Å². The molecule has 0 aromatic carbocycles. The van der Waals surface area contributed by atoms with Crippen LogP contribution in [0.5, 0.6) is 0 Å². The minimum atomic E-state index is -4.79. The van der Waals surface area contributed by atoms with E-state index in [1.165, 1.54) is 11.8 Å². The molecule has 0 radical (unpaired) electrons. The summed E-state index contributed by atoms with van der Waals surface area (Å²) in [5, 5.41) is 0. The van der Waals surface area contributed by atoms with E-state index in [1.54, 1.807) is 0 Å². The summed E-state index contributed by atoms with van der Waals surface area (Å²) in [5.41, 5.74) is -0.591. The zero-order valence-electron chi connectivity index (χ0n) is 6.74. The molecule has 60 valence electrons. The molecule has 0 amide bonds. The van der Waals surface area contributed by atoms with Crippen LogP contribution in [0.2, 0.25) is 0 Å². The fourth-order valence-electron chi connectivity index (χ4n) is 0.328. The Morgan fingerprint density at radius 2 is 1.91 bits per heavy atom. The first-order valence-electron chi connectivity index (χ1n) is 2.93. The third-order valence-corrected chi connectivity index (χ3v) is 1.94. The predicted molar refractivity (Wildman–Crippen MR) is 41.2 cm³/mol. The van der Waals surface area contributed by atoms with Crippen LogP contribution in [0.25, 0.3) is 0 Å². The first-order valence-corrected chi connectivity index (χ1v) is 4.09. The Morgan fingerprint density at radius 1 is 1.45 bits per heavy atom. The van der Waals surface area contributed by atoms with E-state index in [4.69, 9.17) is 0 Å². The van der Waals surface area contributed by atoms with Crippen LogP contribution in [0.3, 0.4) is 0 Å². The average Bonchev–Trinajstić information content (AvgIpc) is 1.80. The molecule has 0 unspecified atom stereocenters. The van der Waals surface area contributed by atoms with Gasteiger partial charge in [0.2, 0.25) is 0 Å². The van der Waals surface area contributed by atoms with Crippen molar-refractivity contribution < 1.29 is 64.3 Å². The van der Waals surface area contributed by atoms with Crippen molar-refractivity contribution in [1.29, 1.82) is 0 Å². The van der Waals surface area contributed by atoms with E-state index in [1.807, 2.05) is 6.92 Å². The molecule has 0 rings (SSSR count). The number of hydrogen-bond donors (Lipinski definition) is 0. The molecule has 0 aliphatic carbocycles. The van der Waals surface area contributed by atoms with E-state index in [-0.39, 0.29) is 57.1 Å². The average molecular weight is 208 g/mol. The smallest absolute Gasteiger partial charge is 0.445 e. The van der Waals surface area contributed by atoms with E-state index in [0.717, 1.165) is 0 Å². The molecule has 0 saturated heterocycles. The second-order valence-electron chi connectivity index (χ2n) is 1.87. The van der Waals surface area contributed by atoms with Crippen LogP contribution in [0, 0.1) is 0 Å². The minimum absolute atomic E-state index is 0. The summed E-state index contributed by atoms with van der Waals surface area (Å²) in [5.74, 6) is 0.713. The third kappa shape index (κ3) is 7.93. The molecule has 11 heavy (non-hydrogen) atoms. The van der Waals surface area contributed by atoms with E-state index in [9.17, 15) is 12.9 Å². The molecule has 0 heterocycles. The zero-order valence-corrected chi connectivity index (χ0v) is 10.7. The van der Waals surface area contributed by atoms with Crippen molar-refractivity contribution in [2.75, 3.05) is 11.5 Å². The summed E-state index contributed by atoms with van der Waals surface area (Å²) in [6, 6.07) is 0. The Balaban J connectivity index is 0. The number of rotatable bonds is 4. The number of thioether (sulfide) groups is 1. The molecule has 0 spiro atoms. The van der Waals surface area contributed by atoms with Gasteiger partial charge in [-0.3, -0.25) is 0 Å². The quantitative estimate of drug-likeness (QED) is 0.571. The van der Waals surface area contributed by atoms with Gasteiger partial charge in [-0.05, 0) is 11.5 Å². The topological polar surface area (TPSA) is 0 Å². The zero-order chi connectivity index (χ0) is 8.20. The molecule has 0 fully saturated rings. The van der Waals surface area contributed by atoms with Gasteiger partial charge in [-0.15, -0.1) is 12.1 Å². The van der Waals surface area contributed by atoms with Crippen LogP contribution in [0.15, 0.2) is 12.1 Å². The largest absolute Gasteiger partial charge is 1.00 e. The molecule has 0 aliphatic rings. The molecule has 0 aromatic rings. The predicted octanol–water partition coefficient (Wildman–Crippen LogP) is -0.314. The molecule has 0 atom stereocenters. The summed E-state index contributed by atoms with van der Waals surface area (Å²) in [4.78, 5) is 0. The maximum atomic E-state index is 11.7. The summed E-state index contributed by atoms with van der Waals surface area (Å²) in [6.45, 7) is -0.0281. The standard InChI is InChI=1S/C5H9BF3S.K/c1-3-10-4-5(2)6(7,8)9;/h2-4H2,1H3;/q-1;+1. The monoisotopic (exact) mass is 208 g/mol. The molecular formula is C5H9BF3KS. The van der Waals surface area contributed by atoms with E-state index < -0.39 is 12.4 Å². The SMILES string of the molecule is C=C(CSCC)[B-](F)(F)F.[K+]. The van der Waals surface area contributed by atoms with Gasteiger partial charge in [0, 0.05) is 0 Å². The molecule has 0 nitrogen and oxygen atoms in total. The van der Waals surface area contributed by atoms with E-state index in [2.05, 4.69) is 6.58 Å². The van der Waals surface area contributed by atoms with Gasteiger partial charge in [-0.1, -0.05) is 6.92 Å². The Morgan fingerprint density at radius 3 is 2.18 bits per heavy atom. The van der Waals surface area contributed by atoms with Crippen molar-refractivity contribution in [3.05, 3.63) is 12.1 Å². The van der Waals surface area contributed by atoms with Crippen molar-refractivity contribution in [1.82, 2.24) is 0 Å². The van der Waals surface area contributed by atoms with E-state index >= 15 is 0 Å². The first-order chi connectivity index (χ1) is 4.48. The van der Waals surface area contributed by atoms with Gasteiger partial charge in [0.15, 0.2) is 0 Å². The van der Waals surface area contributed by atoms with Crippen molar-refractivity contribution in [3.8, 4) is 0 Å². The fourth-order valence-corrected chi connectivity index (χ4v) is 0.983. The normalized spacial score (nSPS) is 10.5. The van der Waals surface area contributed by atoms with Crippen molar-refractivity contribution in [2.45, 2.75) is 6.92 Å². The summed E-state index contributed by atoms with van der Waals surface area (Å²) in [7, 11) is 0. The Kier molecular flexibility index (Phi) is 9.63. The summed E-state index contributed by atoms with van der Waals surface area (Å²) < 4.78 is 35.2. The van der Waals surface area contributed by atoms with Gasteiger partial charge in [-0.2, -0.15) is 11.8 Å². The van der Waals surface area contributed by atoms with Gasteiger partial charge in [0.05, 0.1) is 0 Å². The molecule has 0 bridgehead atoms. The van der Waals surface area contributed by atoms with Crippen molar-refractivity contribution in [2.24, 2.45) is 0 Å². The minimum Gasteiger partial charge on any atom is -0.445 e. The van der Waals surface area contributed by atoms with Crippen molar-refractivity contribution in [3.63, 3.8) is 0 Å². The second-order valence-corrected chi connectivity index (χ2v) is 3.14. The van der Waals surface area contributed by atoms with Gasteiger partial charge in [0.25, 0.3) is 0 Å². The first kappa shape index (κ1) is 15.1. The number of halogens is 3. The number of hydrogen-bond acceptors (Lipinski definition) is 1. The molecule has 6 heteroatoms. The molecule has 0 saturated carbocycles. The maximum absolute atomic E-state index is 11.7. The van der Waals surface area contributed by atoms with E-state index in [0.29, 0.717) is 5.75 Å². The molecule has 0 N–H and O–H groups in total. The van der Waals surface area contributed by atoms with Gasteiger partial charge in [-0.25, -0.2) is 0 Å². The Hall–Kier alpha value is 1.58. The van der Waals surface area contributed by atoms with Crippen LogP contribution in [0.4, 0.5) is 12.9 Å². The van der Waals surface area contributed by atoms with Crippen LogP contribution < -0.4 is 51.4 Å². The molecular weight excluding hydrogens is 199 g/mol. The maximum Gasteiger partial charge on any atom is 1.00 e. The van der Waals surface area contributed by atoms with Crippen LogP contribution in [-0.2, 0) is 0 Å². The van der Waals surface area contributed by atoms with Crippen LogP contribution in [0.1, 0.15) is 6.92 Å². The molecule has 0 aliphatic heterocycles. The second kappa shape index (κ2) is 7.03.